The first-order chi connectivity index (χ1) is 17.4. The summed E-state index contributed by atoms with van der Waals surface area (Å²) in [6.45, 7) is 2.06. The molecule has 10 heteroatoms. The number of carbonyl (C=O) groups is 1. The number of hydrogen-bond acceptors (Lipinski definition) is 6. The van der Waals surface area contributed by atoms with Crippen LogP contribution in [0.3, 0.4) is 0 Å². The van der Waals surface area contributed by atoms with E-state index in [1.54, 1.807) is 29.9 Å². The van der Waals surface area contributed by atoms with Crippen LogP contribution in [0.4, 0.5) is 10.1 Å². The standard InChI is InChI=1S/C26H23FN4O5/c1-3-36-24-13-21(22(31(33)34)14-23(24)35-2)26(32)28-15-18-16-30(20-7-5-4-6-8-20)29-25(18)17-9-11-19(27)12-10-17/h4-14,16H,3,15H2,1-2H3,(H,28,32). The lowest BCUT2D eigenvalue weighted by molar-refractivity contribution is -0.385. The Labute approximate surface area is 206 Å². The van der Waals surface area contributed by atoms with Gasteiger partial charge in [0.05, 0.1) is 36.1 Å². The van der Waals surface area contributed by atoms with E-state index in [4.69, 9.17) is 9.47 Å². The predicted octanol–water partition coefficient (Wildman–Crippen LogP) is 4.92. The average Bonchev–Trinajstić information content (AvgIpc) is 3.32. The molecule has 1 heterocycles. The molecular weight excluding hydrogens is 467 g/mol. The largest absolute Gasteiger partial charge is 0.493 e. The highest BCUT2D eigenvalue weighted by Gasteiger charge is 2.25. The summed E-state index contributed by atoms with van der Waals surface area (Å²) in [5.41, 5.74) is 2.06. The van der Waals surface area contributed by atoms with Gasteiger partial charge in [-0.05, 0) is 43.3 Å². The summed E-state index contributed by atoms with van der Waals surface area (Å²) in [6.07, 6.45) is 1.75. The lowest BCUT2D eigenvalue weighted by Gasteiger charge is -2.12. The Morgan fingerprint density at radius 2 is 1.83 bits per heavy atom. The smallest absolute Gasteiger partial charge is 0.286 e. The van der Waals surface area contributed by atoms with Crippen molar-refractivity contribution >= 4 is 11.6 Å². The van der Waals surface area contributed by atoms with Crippen molar-refractivity contribution in [1.29, 1.82) is 0 Å². The van der Waals surface area contributed by atoms with Crippen molar-refractivity contribution in [3.05, 3.63) is 100.0 Å². The molecule has 4 rings (SSSR count). The zero-order chi connectivity index (χ0) is 25.7. The topological polar surface area (TPSA) is 109 Å². The fourth-order valence-corrected chi connectivity index (χ4v) is 3.68. The monoisotopic (exact) mass is 490 g/mol. The zero-order valence-electron chi connectivity index (χ0n) is 19.6. The van der Waals surface area contributed by atoms with Gasteiger partial charge in [-0.2, -0.15) is 5.10 Å². The highest BCUT2D eigenvalue weighted by atomic mass is 19.1. The van der Waals surface area contributed by atoms with Crippen LogP contribution in [-0.2, 0) is 6.54 Å². The number of benzene rings is 3. The molecule has 0 bridgehead atoms. The van der Waals surface area contributed by atoms with Crippen LogP contribution in [0.25, 0.3) is 16.9 Å². The minimum absolute atomic E-state index is 0.0194. The van der Waals surface area contributed by atoms with E-state index in [0.29, 0.717) is 16.8 Å². The van der Waals surface area contributed by atoms with E-state index >= 15 is 0 Å². The highest BCUT2D eigenvalue weighted by molar-refractivity contribution is 5.99. The molecule has 0 aliphatic rings. The van der Waals surface area contributed by atoms with E-state index < -0.39 is 16.5 Å². The minimum Gasteiger partial charge on any atom is -0.493 e. The van der Waals surface area contributed by atoms with E-state index in [9.17, 15) is 19.3 Å². The van der Waals surface area contributed by atoms with Crippen LogP contribution in [0.1, 0.15) is 22.8 Å². The van der Waals surface area contributed by atoms with Gasteiger partial charge in [0, 0.05) is 29.9 Å². The summed E-state index contributed by atoms with van der Waals surface area (Å²) in [6, 6.07) is 17.7. The second-order valence-electron chi connectivity index (χ2n) is 7.68. The Hall–Kier alpha value is -4.73. The van der Waals surface area contributed by atoms with Crippen LogP contribution in [0.2, 0.25) is 0 Å². The van der Waals surface area contributed by atoms with Crippen LogP contribution < -0.4 is 14.8 Å². The maximum absolute atomic E-state index is 13.5. The van der Waals surface area contributed by atoms with Crippen molar-refractivity contribution in [2.45, 2.75) is 13.5 Å². The summed E-state index contributed by atoms with van der Waals surface area (Å²) in [4.78, 5) is 24.1. The molecule has 36 heavy (non-hydrogen) atoms. The number of halogens is 1. The number of para-hydroxylation sites is 1. The number of aromatic nitrogens is 2. The first-order valence-corrected chi connectivity index (χ1v) is 11.1. The first kappa shape index (κ1) is 24.4. The molecule has 0 radical (unpaired) electrons. The number of hydrogen-bond donors (Lipinski definition) is 1. The Morgan fingerprint density at radius 3 is 2.47 bits per heavy atom. The fraction of sp³-hybridized carbons (Fsp3) is 0.154. The highest BCUT2D eigenvalue weighted by Crippen LogP contribution is 2.35. The third-order valence-electron chi connectivity index (χ3n) is 5.39. The molecule has 0 saturated carbocycles. The van der Waals surface area contributed by atoms with Gasteiger partial charge in [-0.25, -0.2) is 9.07 Å². The maximum Gasteiger partial charge on any atom is 0.286 e. The molecule has 184 valence electrons. The second kappa shape index (κ2) is 10.7. The summed E-state index contributed by atoms with van der Waals surface area (Å²) >= 11 is 0. The first-order valence-electron chi connectivity index (χ1n) is 11.1. The molecule has 3 aromatic carbocycles. The normalized spacial score (nSPS) is 10.6. The second-order valence-corrected chi connectivity index (χ2v) is 7.68. The van der Waals surface area contributed by atoms with Crippen molar-refractivity contribution in [1.82, 2.24) is 15.1 Å². The number of nitrogens with zero attached hydrogens (tertiary/aromatic N) is 3. The van der Waals surface area contributed by atoms with Crippen molar-refractivity contribution in [3.8, 4) is 28.4 Å². The Morgan fingerprint density at radius 1 is 1.11 bits per heavy atom. The van der Waals surface area contributed by atoms with Gasteiger partial charge in [-0.15, -0.1) is 0 Å². The van der Waals surface area contributed by atoms with Gasteiger partial charge < -0.3 is 14.8 Å². The van der Waals surface area contributed by atoms with Crippen molar-refractivity contribution in [2.24, 2.45) is 0 Å². The van der Waals surface area contributed by atoms with Crippen molar-refractivity contribution in [2.75, 3.05) is 13.7 Å². The molecular formula is C26H23FN4O5. The van der Waals surface area contributed by atoms with Crippen LogP contribution in [0.5, 0.6) is 11.5 Å². The number of nitro benzene ring substituents is 1. The molecule has 0 atom stereocenters. The van der Waals surface area contributed by atoms with Crippen molar-refractivity contribution in [3.63, 3.8) is 0 Å². The molecule has 0 saturated heterocycles. The molecule has 0 aliphatic carbocycles. The number of nitrogens with one attached hydrogen (secondary N) is 1. The van der Waals surface area contributed by atoms with Gasteiger partial charge in [0.25, 0.3) is 11.6 Å². The quantitative estimate of drug-likeness (QED) is 0.263. The molecule has 4 aromatic rings. The Bertz CT molecular complexity index is 1390. The fourth-order valence-electron chi connectivity index (χ4n) is 3.68. The number of nitro groups is 1. The molecule has 1 amide bonds. The van der Waals surface area contributed by atoms with E-state index in [0.717, 1.165) is 11.8 Å². The van der Waals surface area contributed by atoms with E-state index in [1.807, 2.05) is 30.3 Å². The van der Waals surface area contributed by atoms with Crippen LogP contribution in [0.15, 0.2) is 72.9 Å². The van der Waals surface area contributed by atoms with Crippen molar-refractivity contribution < 1.29 is 23.6 Å². The lowest BCUT2D eigenvalue weighted by atomic mass is 10.1. The SMILES string of the molecule is CCOc1cc(C(=O)NCc2cn(-c3ccccc3)nc2-c2ccc(F)cc2)c([N+](=O)[O-])cc1OC. The van der Waals surface area contributed by atoms with E-state index in [1.165, 1.54) is 25.3 Å². The van der Waals surface area contributed by atoms with Gasteiger partial charge in [0.1, 0.15) is 11.4 Å². The van der Waals surface area contributed by atoms with Gasteiger partial charge >= 0.3 is 0 Å². The predicted molar refractivity (Wildman–Crippen MR) is 131 cm³/mol. The zero-order valence-corrected chi connectivity index (χ0v) is 19.6. The maximum atomic E-state index is 13.5. The molecule has 0 fully saturated rings. The van der Waals surface area contributed by atoms with E-state index in [-0.39, 0.29) is 36.0 Å². The average molecular weight is 490 g/mol. The van der Waals surface area contributed by atoms with Gasteiger partial charge in [0.15, 0.2) is 11.5 Å². The summed E-state index contributed by atoms with van der Waals surface area (Å²) in [7, 11) is 1.36. The molecule has 9 nitrogen and oxygen atoms in total. The number of methoxy groups -OCH3 is 1. The number of amides is 1. The van der Waals surface area contributed by atoms with Gasteiger partial charge in [-0.1, -0.05) is 18.2 Å². The number of rotatable bonds is 9. The summed E-state index contributed by atoms with van der Waals surface area (Å²) in [5.74, 6) is -0.668. The number of carbonyl (C=O) groups excluding carboxylic acids is 1. The van der Waals surface area contributed by atoms with Gasteiger partial charge in [-0.3, -0.25) is 14.9 Å². The third-order valence-corrected chi connectivity index (χ3v) is 5.39. The molecule has 0 spiro atoms. The molecule has 1 N–H and O–H groups in total. The van der Waals surface area contributed by atoms with Crippen LogP contribution >= 0.6 is 0 Å². The van der Waals surface area contributed by atoms with Crippen LogP contribution in [0, 0.1) is 15.9 Å². The van der Waals surface area contributed by atoms with Gasteiger partial charge in [0.2, 0.25) is 0 Å². The Kier molecular flexibility index (Phi) is 7.24. The minimum atomic E-state index is -0.664. The molecule has 0 unspecified atom stereocenters. The summed E-state index contributed by atoms with van der Waals surface area (Å²) < 4.78 is 25.8. The Balaban J connectivity index is 1.67. The lowest BCUT2D eigenvalue weighted by Crippen LogP contribution is -2.24. The third kappa shape index (κ3) is 5.17. The van der Waals surface area contributed by atoms with E-state index in [2.05, 4.69) is 10.4 Å². The molecule has 0 aliphatic heterocycles. The molecule has 1 aromatic heterocycles. The number of ether oxygens (including phenoxy) is 2. The van der Waals surface area contributed by atoms with Crippen LogP contribution in [-0.4, -0.2) is 34.3 Å². The summed E-state index contributed by atoms with van der Waals surface area (Å²) in [5, 5.41) is 19.0.